The second-order valence-electron chi connectivity index (χ2n) is 7.53. The second-order valence-corrected chi connectivity index (χ2v) is 7.53. The lowest BCUT2D eigenvalue weighted by Gasteiger charge is -2.12. The molecule has 0 aromatic carbocycles. The highest BCUT2D eigenvalue weighted by Gasteiger charge is 2.16. The van der Waals surface area contributed by atoms with E-state index in [1.54, 1.807) is 42.5 Å². The van der Waals surface area contributed by atoms with Gasteiger partial charge in [0.15, 0.2) is 11.6 Å². The van der Waals surface area contributed by atoms with Gasteiger partial charge in [0.05, 0.1) is 5.69 Å². The van der Waals surface area contributed by atoms with Crippen LogP contribution in [0.15, 0.2) is 47.7 Å². The van der Waals surface area contributed by atoms with Gasteiger partial charge in [0.25, 0.3) is 5.56 Å². The third-order valence-electron chi connectivity index (χ3n) is 5.33. The summed E-state index contributed by atoms with van der Waals surface area (Å²) in [5, 5.41) is 8.08. The Morgan fingerprint density at radius 3 is 2.75 bits per heavy atom. The molecule has 2 N–H and O–H groups in total. The summed E-state index contributed by atoms with van der Waals surface area (Å²) in [6.07, 6.45) is 5.41. The van der Waals surface area contributed by atoms with E-state index >= 15 is 0 Å². The van der Waals surface area contributed by atoms with Crippen LogP contribution in [0.5, 0.6) is 5.75 Å². The molecule has 0 aliphatic carbocycles. The molecule has 0 atom stereocenters. The highest BCUT2D eigenvalue weighted by atomic mass is 16.5. The van der Waals surface area contributed by atoms with E-state index in [0.717, 1.165) is 22.2 Å². The molecule has 0 saturated heterocycles. The van der Waals surface area contributed by atoms with E-state index in [-0.39, 0.29) is 17.9 Å². The number of hydrogen-bond donors (Lipinski definition) is 2. The van der Waals surface area contributed by atoms with Crippen LogP contribution in [0.25, 0.3) is 11.0 Å². The first kappa shape index (κ1) is 21.2. The average Bonchev–Trinajstić information content (AvgIpc) is 3.06. The summed E-state index contributed by atoms with van der Waals surface area (Å²) in [5.74, 6) is 0.564. The smallest absolute Gasteiger partial charge is 0.253 e. The van der Waals surface area contributed by atoms with Gasteiger partial charge >= 0.3 is 0 Å². The zero-order valence-corrected chi connectivity index (χ0v) is 18.2. The number of hydrogen-bond acceptors (Lipinski definition) is 6. The molecule has 0 radical (unpaired) electrons. The molecule has 164 valence electrons. The maximum absolute atomic E-state index is 12.6. The van der Waals surface area contributed by atoms with Crippen LogP contribution in [0.2, 0.25) is 0 Å². The largest absolute Gasteiger partial charge is 0.485 e. The van der Waals surface area contributed by atoms with E-state index in [1.807, 2.05) is 26.0 Å². The Kier molecular flexibility index (Phi) is 5.98. The predicted molar refractivity (Wildman–Crippen MR) is 121 cm³/mol. The van der Waals surface area contributed by atoms with Crippen LogP contribution < -0.4 is 15.6 Å². The lowest BCUT2D eigenvalue weighted by molar-refractivity contribution is -0.116. The highest BCUT2D eigenvalue weighted by molar-refractivity contribution is 5.91. The number of ether oxygens (including phenoxy) is 1. The first-order chi connectivity index (χ1) is 15.4. The Labute approximate surface area is 184 Å². The van der Waals surface area contributed by atoms with E-state index in [4.69, 9.17) is 4.74 Å². The Morgan fingerprint density at radius 2 is 1.97 bits per heavy atom. The van der Waals surface area contributed by atoms with E-state index in [0.29, 0.717) is 35.8 Å². The maximum Gasteiger partial charge on any atom is 0.253 e. The molecule has 4 aromatic heterocycles. The number of nitrogens with one attached hydrogen (secondary N) is 2. The molecule has 4 heterocycles. The molecular weight excluding hydrogens is 408 g/mol. The number of aromatic amines is 1. The number of anilines is 1. The zero-order chi connectivity index (χ0) is 22.7. The van der Waals surface area contributed by atoms with Crippen LogP contribution >= 0.6 is 0 Å². The van der Waals surface area contributed by atoms with Crippen LogP contribution in [0, 0.1) is 13.8 Å². The van der Waals surface area contributed by atoms with Gasteiger partial charge in [-0.25, -0.2) is 4.98 Å². The predicted octanol–water partition coefficient (Wildman–Crippen LogP) is 2.82. The summed E-state index contributed by atoms with van der Waals surface area (Å²) in [6, 6.07) is 7.20. The fraction of sp³-hybridized carbons (Fsp3) is 0.261. The van der Waals surface area contributed by atoms with Crippen molar-refractivity contribution in [2.45, 2.75) is 33.3 Å². The highest BCUT2D eigenvalue weighted by Crippen LogP contribution is 2.23. The number of H-pyrrole nitrogens is 1. The van der Waals surface area contributed by atoms with Gasteiger partial charge in [-0.3, -0.25) is 19.3 Å². The molecule has 9 nitrogen and oxygen atoms in total. The molecule has 0 unspecified atom stereocenters. The molecule has 0 aliphatic heterocycles. The number of rotatable bonds is 7. The van der Waals surface area contributed by atoms with Gasteiger partial charge in [-0.05, 0) is 55.7 Å². The Morgan fingerprint density at radius 1 is 1.19 bits per heavy atom. The van der Waals surface area contributed by atoms with E-state index in [2.05, 4.69) is 25.4 Å². The Bertz CT molecular complexity index is 1330. The summed E-state index contributed by atoms with van der Waals surface area (Å²) in [7, 11) is 1.79. The van der Waals surface area contributed by atoms with Gasteiger partial charge in [0.1, 0.15) is 12.3 Å². The van der Waals surface area contributed by atoms with Gasteiger partial charge in [-0.2, -0.15) is 5.10 Å². The van der Waals surface area contributed by atoms with Gasteiger partial charge < -0.3 is 15.0 Å². The maximum atomic E-state index is 12.6. The molecule has 4 rings (SSSR count). The summed E-state index contributed by atoms with van der Waals surface area (Å²) in [4.78, 5) is 36.3. The molecular formula is C23H24N6O3. The fourth-order valence-electron chi connectivity index (χ4n) is 3.73. The number of amides is 1. The molecule has 4 aromatic rings. The molecule has 1 amide bonds. The number of aromatic nitrogens is 5. The molecule has 0 bridgehead atoms. The molecule has 9 heteroatoms. The molecule has 0 saturated carbocycles. The third kappa shape index (κ3) is 4.36. The number of aryl methyl sites for hydroxylation is 3. The van der Waals surface area contributed by atoms with Crippen molar-refractivity contribution in [2.75, 3.05) is 5.32 Å². The lowest BCUT2D eigenvalue weighted by Crippen LogP contribution is -2.19. The SMILES string of the molecule is Cc1nn(C)c2[nH]c(=O)c(CCC(=O)Nc3ncccc3OCc3ccncc3)c(C)c12. The van der Waals surface area contributed by atoms with Crippen molar-refractivity contribution in [1.29, 1.82) is 0 Å². The van der Waals surface area contributed by atoms with Gasteiger partial charge in [-0.1, -0.05) is 0 Å². The molecule has 32 heavy (non-hydrogen) atoms. The van der Waals surface area contributed by atoms with Crippen LogP contribution in [0.3, 0.4) is 0 Å². The summed E-state index contributed by atoms with van der Waals surface area (Å²) in [5.41, 5.74) is 3.70. The number of fused-ring (bicyclic) bond motifs is 1. The van der Waals surface area contributed by atoms with Crippen molar-refractivity contribution in [3.63, 3.8) is 0 Å². The summed E-state index contributed by atoms with van der Waals surface area (Å²) >= 11 is 0. The van der Waals surface area contributed by atoms with Crippen molar-refractivity contribution >= 4 is 22.8 Å². The lowest BCUT2D eigenvalue weighted by atomic mass is 10.0. The second kappa shape index (κ2) is 9.01. The first-order valence-corrected chi connectivity index (χ1v) is 10.3. The topological polar surface area (TPSA) is 115 Å². The number of carbonyl (C=O) groups is 1. The molecule has 0 spiro atoms. The summed E-state index contributed by atoms with van der Waals surface area (Å²) < 4.78 is 7.48. The average molecular weight is 432 g/mol. The zero-order valence-electron chi connectivity index (χ0n) is 18.2. The van der Waals surface area contributed by atoms with Crippen LogP contribution in [-0.2, 0) is 24.9 Å². The van der Waals surface area contributed by atoms with E-state index < -0.39 is 0 Å². The minimum Gasteiger partial charge on any atom is -0.485 e. The first-order valence-electron chi connectivity index (χ1n) is 10.3. The number of carbonyl (C=O) groups excluding carboxylic acids is 1. The van der Waals surface area contributed by atoms with E-state index in [1.165, 1.54) is 0 Å². The van der Waals surface area contributed by atoms with Gasteiger partial charge in [-0.15, -0.1) is 0 Å². The van der Waals surface area contributed by atoms with Crippen LogP contribution in [0.4, 0.5) is 5.82 Å². The van der Waals surface area contributed by atoms with Crippen molar-refractivity contribution in [1.82, 2.24) is 24.7 Å². The quantitative estimate of drug-likeness (QED) is 0.464. The van der Waals surface area contributed by atoms with Crippen molar-refractivity contribution in [3.05, 3.63) is 75.6 Å². The standard InChI is InChI=1S/C23H24N6O3/c1-14-17(23(31)27-22-20(14)15(2)28-29(22)3)6-7-19(30)26-21-18(5-4-10-25-21)32-13-16-8-11-24-12-9-16/h4-5,8-12H,6-7,13H2,1-3H3,(H,27,31)(H,25,26,30). The van der Waals surface area contributed by atoms with Gasteiger partial charge in [0.2, 0.25) is 5.91 Å². The normalized spacial score (nSPS) is 11.0. The van der Waals surface area contributed by atoms with Crippen LogP contribution in [-0.4, -0.2) is 30.6 Å². The van der Waals surface area contributed by atoms with Gasteiger partial charge in [0, 0.05) is 43.0 Å². The molecule has 0 fully saturated rings. The molecule has 0 aliphatic rings. The van der Waals surface area contributed by atoms with Crippen molar-refractivity contribution in [3.8, 4) is 5.75 Å². The van der Waals surface area contributed by atoms with Crippen LogP contribution in [0.1, 0.15) is 28.8 Å². The third-order valence-corrected chi connectivity index (χ3v) is 5.33. The Balaban J connectivity index is 1.45. The number of pyridine rings is 3. The summed E-state index contributed by atoms with van der Waals surface area (Å²) in [6.45, 7) is 4.12. The van der Waals surface area contributed by atoms with E-state index in [9.17, 15) is 9.59 Å². The number of nitrogens with zero attached hydrogens (tertiary/aromatic N) is 4. The monoisotopic (exact) mass is 432 g/mol. The van der Waals surface area contributed by atoms with Crippen molar-refractivity contribution < 1.29 is 9.53 Å². The fourth-order valence-corrected chi connectivity index (χ4v) is 3.73. The van der Waals surface area contributed by atoms with Crippen molar-refractivity contribution in [2.24, 2.45) is 7.05 Å². The Hall–Kier alpha value is -4.01. The minimum absolute atomic E-state index is 0.134. The minimum atomic E-state index is -0.251.